The van der Waals surface area contributed by atoms with Crippen LogP contribution in [0.3, 0.4) is 0 Å². The van der Waals surface area contributed by atoms with Crippen molar-refractivity contribution in [1.82, 2.24) is 10.0 Å². The van der Waals surface area contributed by atoms with E-state index >= 15 is 0 Å². The highest BCUT2D eigenvalue weighted by molar-refractivity contribution is 7.89. The van der Waals surface area contributed by atoms with E-state index in [9.17, 15) is 17.6 Å². The van der Waals surface area contributed by atoms with Crippen LogP contribution in [0.1, 0.15) is 48.5 Å². The molecule has 1 saturated carbocycles. The van der Waals surface area contributed by atoms with Gasteiger partial charge in [0.15, 0.2) is 11.5 Å². The van der Waals surface area contributed by atoms with Gasteiger partial charge in [-0.25, -0.2) is 17.5 Å². The van der Waals surface area contributed by atoms with Gasteiger partial charge in [0.25, 0.3) is 5.91 Å². The number of rotatable bonds is 7. The van der Waals surface area contributed by atoms with Crippen molar-refractivity contribution in [2.75, 3.05) is 26.3 Å². The van der Waals surface area contributed by atoms with E-state index in [1.807, 2.05) is 18.2 Å². The topological polar surface area (TPSA) is 93.7 Å². The number of hydrogen-bond acceptors (Lipinski definition) is 5. The zero-order valence-corrected chi connectivity index (χ0v) is 18.8. The summed E-state index contributed by atoms with van der Waals surface area (Å²) >= 11 is 0. The Kier molecular flexibility index (Phi) is 6.39. The standard InChI is InChI=1S/C23H27FN2O5S/c1-2-26-32(28,29)17-6-7-19(24)18(14-17)22(27)25-15-23(9-3-4-10-23)16-5-8-20-21(13-16)31-12-11-30-20/h5-8,13-14,26H,2-4,9-12,15H2,1H3,(H,25,27). The first kappa shape index (κ1) is 22.5. The van der Waals surface area contributed by atoms with Crippen LogP contribution >= 0.6 is 0 Å². The molecule has 4 rings (SSSR count). The summed E-state index contributed by atoms with van der Waals surface area (Å²) in [5.74, 6) is -0.00527. The van der Waals surface area contributed by atoms with Gasteiger partial charge in [0.1, 0.15) is 19.0 Å². The van der Waals surface area contributed by atoms with E-state index in [0.29, 0.717) is 31.3 Å². The molecule has 0 aromatic heterocycles. The second-order valence-electron chi connectivity index (χ2n) is 8.17. The van der Waals surface area contributed by atoms with Crippen LogP contribution in [-0.4, -0.2) is 40.6 Å². The van der Waals surface area contributed by atoms with Gasteiger partial charge in [-0.05, 0) is 48.7 Å². The minimum Gasteiger partial charge on any atom is -0.486 e. The third kappa shape index (κ3) is 4.45. The van der Waals surface area contributed by atoms with Gasteiger partial charge in [0, 0.05) is 18.5 Å². The lowest BCUT2D eigenvalue weighted by Gasteiger charge is -2.31. The average molecular weight is 463 g/mol. The summed E-state index contributed by atoms with van der Waals surface area (Å²) in [6.07, 6.45) is 3.80. The summed E-state index contributed by atoms with van der Waals surface area (Å²) < 4.78 is 52.6. The lowest BCUT2D eigenvalue weighted by atomic mass is 9.78. The number of carbonyl (C=O) groups is 1. The lowest BCUT2D eigenvalue weighted by molar-refractivity contribution is 0.0938. The Morgan fingerprint density at radius 3 is 2.50 bits per heavy atom. The largest absolute Gasteiger partial charge is 0.486 e. The van der Waals surface area contributed by atoms with Crippen molar-refractivity contribution in [1.29, 1.82) is 0 Å². The summed E-state index contributed by atoms with van der Waals surface area (Å²) in [7, 11) is -3.80. The van der Waals surface area contributed by atoms with Crippen molar-refractivity contribution in [3.8, 4) is 11.5 Å². The van der Waals surface area contributed by atoms with Crippen molar-refractivity contribution >= 4 is 15.9 Å². The van der Waals surface area contributed by atoms with Crippen molar-refractivity contribution in [3.05, 3.63) is 53.3 Å². The fourth-order valence-corrected chi connectivity index (χ4v) is 5.52. The van der Waals surface area contributed by atoms with E-state index in [4.69, 9.17) is 9.47 Å². The predicted molar refractivity (Wildman–Crippen MR) is 117 cm³/mol. The Balaban J connectivity index is 1.56. The molecule has 0 unspecified atom stereocenters. The van der Waals surface area contributed by atoms with Gasteiger partial charge in [-0.3, -0.25) is 4.79 Å². The van der Waals surface area contributed by atoms with E-state index in [1.165, 1.54) is 0 Å². The van der Waals surface area contributed by atoms with Crippen LogP contribution in [0, 0.1) is 5.82 Å². The van der Waals surface area contributed by atoms with Crippen LogP contribution in [0.4, 0.5) is 4.39 Å². The molecule has 0 atom stereocenters. The fourth-order valence-electron chi connectivity index (χ4n) is 4.46. The third-order valence-electron chi connectivity index (χ3n) is 6.13. The van der Waals surface area contributed by atoms with E-state index in [0.717, 1.165) is 49.4 Å². The van der Waals surface area contributed by atoms with E-state index in [-0.39, 0.29) is 22.4 Å². The molecule has 1 amide bonds. The lowest BCUT2D eigenvalue weighted by Crippen LogP contribution is -2.39. The van der Waals surface area contributed by atoms with Gasteiger partial charge < -0.3 is 14.8 Å². The first-order valence-corrected chi connectivity index (χ1v) is 12.3. The molecule has 2 N–H and O–H groups in total. The molecule has 172 valence electrons. The Bertz CT molecular complexity index is 1110. The SMILES string of the molecule is CCNS(=O)(=O)c1ccc(F)c(C(=O)NCC2(c3ccc4c(c3)OCCO4)CCCC2)c1. The molecule has 32 heavy (non-hydrogen) atoms. The summed E-state index contributed by atoms with van der Waals surface area (Å²) in [6.45, 7) is 3.16. The average Bonchev–Trinajstić information content (AvgIpc) is 3.27. The zero-order chi connectivity index (χ0) is 22.8. The second kappa shape index (κ2) is 9.07. The number of benzene rings is 2. The first-order chi connectivity index (χ1) is 15.3. The predicted octanol–water partition coefficient (Wildman–Crippen LogP) is 3.14. The summed E-state index contributed by atoms with van der Waals surface area (Å²) in [5, 5.41) is 2.85. The Morgan fingerprint density at radius 2 is 1.78 bits per heavy atom. The molecule has 2 aliphatic rings. The Hall–Kier alpha value is -2.65. The highest BCUT2D eigenvalue weighted by Crippen LogP contribution is 2.43. The van der Waals surface area contributed by atoms with Gasteiger partial charge in [0.05, 0.1) is 10.5 Å². The zero-order valence-electron chi connectivity index (χ0n) is 17.9. The molecule has 1 aliphatic heterocycles. The molecule has 7 nitrogen and oxygen atoms in total. The van der Waals surface area contributed by atoms with Crippen LogP contribution in [0.5, 0.6) is 11.5 Å². The van der Waals surface area contributed by atoms with E-state index in [1.54, 1.807) is 6.92 Å². The maximum absolute atomic E-state index is 14.4. The molecule has 1 fully saturated rings. The number of fused-ring (bicyclic) bond motifs is 1. The van der Waals surface area contributed by atoms with Crippen LogP contribution < -0.4 is 19.5 Å². The van der Waals surface area contributed by atoms with Gasteiger partial charge >= 0.3 is 0 Å². The molecule has 2 aromatic rings. The van der Waals surface area contributed by atoms with Crippen LogP contribution in [-0.2, 0) is 15.4 Å². The Morgan fingerprint density at radius 1 is 1.06 bits per heavy atom. The maximum Gasteiger partial charge on any atom is 0.254 e. The minimum absolute atomic E-state index is 0.145. The number of ether oxygens (including phenoxy) is 2. The number of halogens is 1. The van der Waals surface area contributed by atoms with E-state index < -0.39 is 21.7 Å². The monoisotopic (exact) mass is 462 g/mol. The van der Waals surface area contributed by atoms with Crippen LogP contribution in [0.15, 0.2) is 41.3 Å². The van der Waals surface area contributed by atoms with Crippen molar-refractivity contribution < 1.29 is 27.1 Å². The Labute approximate surface area is 187 Å². The molecule has 0 spiro atoms. The first-order valence-electron chi connectivity index (χ1n) is 10.8. The molecule has 0 bridgehead atoms. The number of carbonyl (C=O) groups excluding carboxylic acids is 1. The number of sulfonamides is 1. The van der Waals surface area contributed by atoms with Crippen LogP contribution in [0.2, 0.25) is 0 Å². The van der Waals surface area contributed by atoms with Crippen molar-refractivity contribution in [2.45, 2.75) is 42.9 Å². The van der Waals surface area contributed by atoms with Gasteiger partial charge in [0.2, 0.25) is 10.0 Å². The smallest absolute Gasteiger partial charge is 0.254 e. The summed E-state index contributed by atoms with van der Waals surface area (Å²) in [4.78, 5) is 12.7. The highest BCUT2D eigenvalue weighted by atomic mass is 32.2. The molecular weight excluding hydrogens is 435 g/mol. The molecule has 0 radical (unpaired) electrons. The maximum atomic E-state index is 14.4. The quantitative estimate of drug-likeness (QED) is 0.659. The number of amides is 1. The molecule has 9 heteroatoms. The van der Waals surface area contributed by atoms with Gasteiger partial charge in [-0.2, -0.15) is 0 Å². The van der Waals surface area contributed by atoms with E-state index in [2.05, 4.69) is 10.0 Å². The van der Waals surface area contributed by atoms with Crippen LogP contribution in [0.25, 0.3) is 0 Å². The molecule has 2 aromatic carbocycles. The summed E-state index contributed by atoms with van der Waals surface area (Å²) in [6, 6.07) is 9.09. The molecule has 0 saturated heterocycles. The fraction of sp³-hybridized carbons (Fsp3) is 0.435. The second-order valence-corrected chi connectivity index (χ2v) is 9.94. The molecular formula is C23H27FN2O5S. The minimum atomic E-state index is -3.80. The van der Waals surface area contributed by atoms with Crippen molar-refractivity contribution in [3.63, 3.8) is 0 Å². The summed E-state index contributed by atoms with van der Waals surface area (Å²) in [5.41, 5.74) is 0.456. The third-order valence-corrected chi connectivity index (χ3v) is 7.67. The van der Waals surface area contributed by atoms with Crippen molar-refractivity contribution in [2.24, 2.45) is 0 Å². The normalized spacial score (nSPS) is 17.2. The van der Waals surface area contributed by atoms with Gasteiger partial charge in [-0.15, -0.1) is 0 Å². The van der Waals surface area contributed by atoms with Gasteiger partial charge in [-0.1, -0.05) is 25.8 Å². The molecule has 1 heterocycles. The number of hydrogen-bond donors (Lipinski definition) is 2. The highest BCUT2D eigenvalue weighted by Gasteiger charge is 2.37. The molecule has 1 aliphatic carbocycles. The number of nitrogens with one attached hydrogen (secondary N) is 2.